The summed E-state index contributed by atoms with van der Waals surface area (Å²) >= 11 is 0. The Morgan fingerprint density at radius 3 is 2.47 bits per heavy atom. The largest absolute Gasteiger partial charge is 0.481 e. The smallest absolute Gasteiger partial charge is 0.320 e. The number of hydrogen-bond donors (Lipinski definition) is 1. The molecule has 2 amide bonds. The summed E-state index contributed by atoms with van der Waals surface area (Å²) in [7, 11) is 0. The Hall–Kier alpha value is -1.26. The number of nitrogens with zero attached hydrogens (tertiary/aromatic N) is 2. The lowest BCUT2D eigenvalue weighted by Crippen LogP contribution is -2.51. The number of carbonyl (C=O) groups is 2. The minimum absolute atomic E-state index is 0.0176. The van der Waals surface area contributed by atoms with Crippen molar-refractivity contribution in [2.75, 3.05) is 19.6 Å². The molecule has 0 aromatic heterocycles. The maximum Gasteiger partial charge on any atom is 0.320 e. The molecule has 1 N–H and O–H groups in total. The Kier molecular flexibility index (Phi) is 3.74. The fourth-order valence-corrected chi connectivity index (χ4v) is 3.31. The van der Waals surface area contributed by atoms with Gasteiger partial charge in [-0.05, 0) is 31.6 Å². The predicted molar refractivity (Wildman–Crippen MR) is 71.9 cm³/mol. The fourth-order valence-electron chi connectivity index (χ4n) is 3.31. The van der Waals surface area contributed by atoms with Crippen LogP contribution in [-0.4, -0.2) is 52.6 Å². The highest BCUT2D eigenvalue weighted by Gasteiger charge is 2.41. The van der Waals surface area contributed by atoms with Crippen molar-refractivity contribution in [2.24, 2.45) is 11.3 Å². The van der Waals surface area contributed by atoms with Crippen molar-refractivity contribution in [3.05, 3.63) is 0 Å². The van der Waals surface area contributed by atoms with Gasteiger partial charge in [0.1, 0.15) is 0 Å². The number of likely N-dealkylation sites (tertiary alicyclic amines) is 2. The SMILES string of the molecule is CC1C(C(=O)O)CCN1C(=O)N1CCCC(C)(C)C1. The highest BCUT2D eigenvalue weighted by atomic mass is 16.4. The third-order valence-corrected chi connectivity index (χ3v) is 4.49. The molecular weight excluding hydrogens is 244 g/mol. The molecule has 19 heavy (non-hydrogen) atoms. The van der Waals surface area contributed by atoms with Gasteiger partial charge in [-0.3, -0.25) is 4.79 Å². The van der Waals surface area contributed by atoms with Gasteiger partial charge in [0, 0.05) is 25.7 Å². The minimum Gasteiger partial charge on any atom is -0.481 e. The third-order valence-electron chi connectivity index (χ3n) is 4.49. The quantitative estimate of drug-likeness (QED) is 0.791. The summed E-state index contributed by atoms with van der Waals surface area (Å²) in [6.45, 7) is 8.34. The van der Waals surface area contributed by atoms with Crippen LogP contribution in [0, 0.1) is 11.3 Å². The van der Waals surface area contributed by atoms with E-state index in [0.29, 0.717) is 13.0 Å². The van der Waals surface area contributed by atoms with Gasteiger partial charge >= 0.3 is 12.0 Å². The fraction of sp³-hybridized carbons (Fsp3) is 0.857. The number of aliphatic carboxylic acids is 1. The average Bonchev–Trinajstić information content (AvgIpc) is 2.69. The molecule has 0 aliphatic carbocycles. The Morgan fingerprint density at radius 1 is 1.26 bits per heavy atom. The number of carbonyl (C=O) groups excluding carboxylic acids is 1. The van der Waals surface area contributed by atoms with Gasteiger partial charge in [-0.25, -0.2) is 4.79 Å². The maximum atomic E-state index is 12.5. The zero-order chi connectivity index (χ0) is 14.2. The van der Waals surface area contributed by atoms with E-state index in [4.69, 9.17) is 5.11 Å². The van der Waals surface area contributed by atoms with Gasteiger partial charge in [0.25, 0.3) is 0 Å². The Morgan fingerprint density at radius 2 is 1.95 bits per heavy atom. The number of hydrogen-bond acceptors (Lipinski definition) is 2. The van der Waals surface area contributed by atoms with Crippen LogP contribution in [0.2, 0.25) is 0 Å². The number of carboxylic acid groups (broad SMARTS) is 1. The van der Waals surface area contributed by atoms with Crippen molar-refractivity contribution in [3.8, 4) is 0 Å². The number of piperidine rings is 1. The van der Waals surface area contributed by atoms with E-state index in [1.54, 1.807) is 4.90 Å². The lowest BCUT2D eigenvalue weighted by molar-refractivity contribution is -0.142. The molecular formula is C14H24N2O3. The summed E-state index contributed by atoms with van der Waals surface area (Å²) < 4.78 is 0. The number of carboxylic acids is 1. The topological polar surface area (TPSA) is 60.9 Å². The van der Waals surface area contributed by atoms with Crippen molar-refractivity contribution in [3.63, 3.8) is 0 Å². The summed E-state index contributed by atoms with van der Waals surface area (Å²) in [5, 5.41) is 9.13. The second-order valence-corrected chi connectivity index (χ2v) is 6.64. The molecule has 2 heterocycles. The van der Waals surface area contributed by atoms with E-state index in [0.717, 1.165) is 25.9 Å². The van der Waals surface area contributed by atoms with Gasteiger partial charge in [0.2, 0.25) is 0 Å². The van der Waals surface area contributed by atoms with E-state index in [-0.39, 0.29) is 17.5 Å². The van der Waals surface area contributed by atoms with Crippen LogP contribution in [0.15, 0.2) is 0 Å². The van der Waals surface area contributed by atoms with E-state index < -0.39 is 11.9 Å². The minimum atomic E-state index is -0.790. The zero-order valence-corrected chi connectivity index (χ0v) is 12.1. The third kappa shape index (κ3) is 2.85. The van der Waals surface area contributed by atoms with E-state index in [1.807, 2.05) is 11.8 Å². The second kappa shape index (κ2) is 5.02. The van der Waals surface area contributed by atoms with Gasteiger partial charge in [-0.2, -0.15) is 0 Å². The standard InChI is InChI=1S/C14H24N2O3/c1-10-11(12(17)18)5-8-16(10)13(19)15-7-4-6-14(2,3)9-15/h10-11H,4-9H2,1-3H3,(H,17,18). The molecule has 0 aromatic carbocycles. The molecule has 2 fully saturated rings. The zero-order valence-electron chi connectivity index (χ0n) is 12.1. The molecule has 2 saturated heterocycles. The van der Waals surface area contributed by atoms with Crippen LogP contribution < -0.4 is 0 Å². The highest BCUT2D eigenvalue weighted by Crippen LogP contribution is 2.31. The second-order valence-electron chi connectivity index (χ2n) is 6.64. The molecule has 2 aliphatic heterocycles. The summed E-state index contributed by atoms with van der Waals surface area (Å²) in [5.41, 5.74) is 0.170. The van der Waals surface area contributed by atoms with Gasteiger partial charge in [-0.15, -0.1) is 0 Å². The van der Waals surface area contributed by atoms with Gasteiger partial charge < -0.3 is 14.9 Å². The molecule has 0 saturated carbocycles. The molecule has 2 atom stereocenters. The van der Waals surface area contributed by atoms with Crippen molar-refractivity contribution < 1.29 is 14.7 Å². The van der Waals surface area contributed by atoms with Gasteiger partial charge in [-0.1, -0.05) is 13.8 Å². The Balaban J connectivity index is 2.02. The normalized spacial score (nSPS) is 30.5. The van der Waals surface area contributed by atoms with Crippen LogP contribution in [0.5, 0.6) is 0 Å². The molecule has 5 nitrogen and oxygen atoms in total. The molecule has 2 aliphatic rings. The first-order chi connectivity index (χ1) is 8.82. The molecule has 0 bridgehead atoms. The first-order valence-corrected chi connectivity index (χ1v) is 7.10. The van der Waals surface area contributed by atoms with Crippen LogP contribution in [0.4, 0.5) is 4.79 Å². The molecule has 0 radical (unpaired) electrons. The summed E-state index contributed by atoms with van der Waals surface area (Å²) in [6.07, 6.45) is 2.74. The Labute approximate surface area is 114 Å². The molecule has 5 heteroatoms. The van der Waals surface area contributed by atoms with E-state index in [1.165, 1.54) is 0 Å². The molecule has 0 spiro atoms. The molecule has 108 valence electrons. The lowest BCUT2D eigenvalue weighted by Gasteiger charge is -2.40. The monoisotopic (exact) mass is 268 g/mol. The van der Waals surface area contributed by atoms with Crippen LogP contribution in [0.1, 0.15) is 40.0 Å². The summed E-state index contributed by atoms with van der Waals surface area (Å²) in [6, 6.07) is -0.181. The van der Waals surface area contributed by atoms with Crippen molar-refractivity contribution >= 4 is 12.0 Å². The lowest BCUT2D eigenvalue weighted by atomic mass is 9.84. The van der Waals surface area contributed by atoms with Crippen LogP contribution in [0.25, 0.3) is 0 Å². The van der Waals surface area contributed by atoms with Crippen LogP contribution >= 0.6 is 0 Å². The van der Waals surface area contributed by atoms with Crippen molar-refractivity contribution in [1.82, 2.24) is 9.80 Å². The molecule has 2 rings (SSSR count). The van der Waals surface area contributed by atoms with Gasteiger partial charge in [0.05, 0.1) is 5.92 Å². The number of rotatable bonds is 1. The van der Waals surface area contributed by atoms with Crippen LogP contribution in [-0.2, 0) is 4.79 Å². The van der Waals surface area contributed by atoms with Crippen molar-refractivity contribution in [2.45, 2.75) is 46.1 Å². The van der Waals surface area contributed by atoms with E-state index in [2.05, 4.69) is 13.8 Å². The molecule has 2 unspecified atom stereocenters. The number of urea groups is 1. The number of amides is 2. The predicted octanol–water partition coefficient (Wildman–Crippen LogP) is 2.02. The Bertz CT molecular complexity index is 381. The average molecular weight is 268 g/mol. The van der Waals surface area contributed by atoms with Crippen molar-refractivity contribution in [1.29, 1.82) is 0 Å². The van der Waals surface area contributed by atoms with Crippen LogP contribution in [0.3, 0.4) is 0 Å². The van der Waals surface area contributed by atoms with Gasteiger partial charge in [0.15, 0.2) is 0 Å². The summed E-state index contributed by atoms with van der Waals surface area (Å²) in [5.74, 6) is -1.21. The maximum absolute atomic E-state index is 12.5. The summed E-state index contributed by atoms with van der Waals surface area (Å²) in [4.78, 5) is 27.3. The first kappa shape index (κ1) is 14.2. The van der Waals surface area contributed by atoms with E-state index >= 15 is 0 Å². The van der Waals surface area contributed by atoms with E-state index in [9.17, 15) is 9.59 Å². The highest BCUT2D eigenvalue weighted by molar-refractivity contribution is 5.78. The first-order valence-electron chi connectivity index (χ1n) is 7.10. The molecule has 0 aromatic rings.